The van der Waals surface area contributed by atoms with Crippen LogP contribution < -0.4 is 20.5 Å². The summed E-state index contributed by atoms with van der Waals surface area (Å²) in [6.07, 6.45) is 1.36. The maximum absolute atomic E-state index is 12.0. The predicted octanol–water partition coefficient (Wildman–Crippen LogP) is 0.327. The molecule has 0 radical (unpaired) electrons. The molecule has 0 saturated carbocycles. The van der Waals surface area contributed by atoms with Gasteiger partial charge in [0, 0.05) is 24.8 Å². The van der Waals surface area contributed by atoms with Crippen molar-refractivity contribution in [3.8, 4) is 5.75 Å². The Morgan fingerprint density at radius 2 is 1.96 bits per heavy atom. The van der Waals surface area contributed by atoms with Gasteiger partial charge in [0.15, 0.2) is 0 Å². The van der Waals surface area contributed by atoms with Crippen LogP contribution >= 0.6 is 0 Å². The van der Waals surface area contributed by atoms with Gasteiger partial charge in [0.1, 0.15) is 5.75 Å². The number of pyridine rings is 1. The smallest absolute Gasteiger partial charge is 0.226 e. The van der Waals surface area contributed by atoms with E-state index in [2.05, 4.69) is 15.6 Å². The number of carboxylic acid groups (broad SMARTS) is 1. The maximum Gasteiger partial charge on any atom is 0.226 e. The van der Waals surface area contributed by atoms with Crippen LogP contribution in [0.25, 0.3) is 0 Å². The number of nitrogens with zero attached hydrogens (tertiary/aromatic N) is 1. The molecule has 0 spiro atoms. The Balaban J connectivity index is 1.89. The molecule has 0 aliphatic rings. The van der Waals surface area contributed by atoms with E-state index in [0.29, 0.717) is 17.1 Å². The number of nitrogens with one attached hydrogen (secondary N) is 2. The lowest BCUT2D eigenvalue weighted by molar-refractivity contribution is -0.308. The zero-order valence-electron chi connectivity index (χ0n) is 13.2. The summed E-state index contributed by atoms with van der Waals surface area (Å²) in [5.74, 6) is -1.10. The van der Waals surface area contributed by atoms with E-state index in [0.717, 1.165) is 0 Å². The van der Waals surface area contributed by atoms with Gasteiger partial charge in [-0.05, 0) is 36.4 Å². The minimum absolute atomic E-state index is 0.231. The summed E-state index contributed by atoms with van der Waals surface area (Å²) in [5, 5.41) is 16.6. The van der Waals surface area contributed by atoms with Crippen LogP contribution in [-0.2, 0) is 16.1 Å². The molecule has 0 fully saturated rings. The Hall–Kier alpha value is -2.93. The highest BCUT2D eigenvalue weighted by molar-refractivity contribution is 5.93. The summed E-state index contributed by atoms with van der Waals surface area (Å²) in [7, 11) is 1.55. The van der Waals surface area contributed by atoms with Gasteiger partial charge < -0.3 is 25.3 Å². The molecule has 1 amide bonds. The highest BCUT2D eigenvalue weighted by Gasteiger charge is 2.15. The first kappa shape index (κ1) is 17.4. The number of hydrogen-bond acceptors (Lipinski definition) is 6. The molecule has 1 atom stereocenters. The van der Waals surface area contributed by atoms with Crippen molar-refractivity contribution >= 4 is 17.6 Å². The zero-order valence-corrected chi connectivity index (χ0v) is 13.2. The zero-order chi connectivity index (χ0) is 17.4. The number of aromatic nitrogens is 1. The SMILES string of the molecule is COc1ccc(NC(=O)CC(NCc2ccccn2)C(=O)[O-])cc1. The van der Waals surface area contributed by atoms with Gasteiger partial charge in [0.05, 0.1) is 24.8 Å². The fraction of sp³-hybridized carbons (Fsp3) is 0.235. The molecule has 126 valence electrons. The van der Waals surface area contributed by atoms with Gasteiger partial charge in [-0.15, -0.1) is 0 Å². The number of carbonyl (C=O) groups excluding carboxylic acids is 2. The third-order valence-corrected chi connectivity index (χ3v) is 3.30. The van der Waals surface area contributed by atoms with E-state index in [1.54, 1.807) is 55.8 Å². The van der Waals surface area contributed by atoms with Crippen molar-refractivity contribution in [2.75, 3.05) is 12.4 Å². The van der Waals surface area contributed by atoms with E-state index in [4.69, 9.17) is 4.74 Å². The average molecular weight is 328 g/mol. The van der Waals surface area contributed by atoms with Gasteiger partial charge in [-0.25, -0.2) is 0 Å². The summed E-state index contributed by atoms with van der Waals surface area (Å²) >= 11 is 0. The molecule has 1 heterocycles. The van der Waals surface area contributed by atoms with Crippen LogP contribution in [0.15, 0.2) is 48.7 Å². The number of benzene rings is 1. The number of aliphatic carboxylic acids is 1. The number of amides is 1. The lowest BCUT2D eigenvalue weighted by atomic mass is 10.2. The number of carbonyl (C=O) groups is 2. The van der Waals surface area contributed by atoms with E-state index in [-0.39, 0.29) is 13.0 Å². The van der Waals surface area contributed by atoms with Crippen molar-refractivity contribution in [2.24, 2.45) is 0 Å². The van der Waals surface area contributed by atoms with E-state index in [1.807, 2.05) is 0 Å². The highest BCUT2D eigenvalue weighted by Crippen LogP contribution is 2.15. The normalized spacial score (nSPS) is 11.5. The van der Waals surface area contributed by atoms with Gasteiger partial charge >= 0.3 is 0 Å². The summed E-state index contributed by atoms with van der Waals surface area (Å²) in [6, 6.07) is 11.0. The molecule has 0 saturated heterocycles. The Labute approximate surface area is 139 Å². The van der Waals surface area contributed by atoms with Gasteiger partial charge in [-0.2, -0.15) is 0 Å². The molecule has 1 unspecified atom stereocenters. The lowest BCUT2D eigenvalue weighted by Crippen LogP contribution is -2.47. The quantitative estimate of drug-likeness (QED) is 0.724. The van der Waals surface area contributed by atoms with Gasteiger partial charge in [0.25, 0.3) is 0 Å². The van der Waals surface area contributed by atoms with Gasteiger partial charge in [0.2, 0.25) is 5.91 Å². The Bertz CT molecular complexity index is 674. The molecule has 2 rings (SSSR count). The van der Waals surface area contributed by atoms with Crippen molar-refractivity contribution < 1.29 is 19.4 Å². The molecule has 0 aliphatic heterocycles. The fourth-order valence-corrected chi connectivity index (χ4v) is 2.04. The number of methoxy groups -OCH3 is 1. The van der Waals surface area contributed by atoms with Crippen LogP contribution in [0, 0.1) is 0 Å². The molecular formula is C17H18N3O4-. The van der Waals surface area contributed by atoms with Crippen LogP contribution in [0.3, 0.4) is 0 Å². The maximum atomic E-state index is 12.0. The summed E-state index contributed by atoms with van der Waals surface area (Å²) in [4.78, 5) is 27.3. The Morgan fingerprint density at radius 3 is 2.54 bits per heavy atom. The monoisotopic (exact) mass is 328 g/mol. The largest absolute Gasteiger partial charge is 0.548 e. The van der Waals surface area contributed by atoms with E-state index in [1.165, 1.54) is 0 Å². The molecule has 0 bridgehead atoms. The number of rotatable bonds is 8. The second kappa shape index (κ2) is 8.64. The number of hydrogen-bond donors (Lipinski definition) is 2. The molecule has 2 aromatic rings. The second-order valence-corrected chi connectivity index (χ2v) is 5.05. The molecular weight excluding hydrogens is 310 g/mol. The van der Waals surface area contributed by atoms with Crippen molar-refractivity contribution in [1.82, 2.24) is 10.3 Å². The summed E-state index contributed by atoms with van der Waals surface area (Å²) < 4.78 is 5.03. The minimum Gasteiger partial charge on any atom is -0.548 e. The van der Waals surface area contributed by atoms with Crippen LogP contribution in [0.2, 0.25) is 0 Å². The molecule has 7 nitrogen and oxygen atoms in total. The average Bonchev–Trinajstić information content (AvgIpc) is 2.60. The first-order valence-corrected chi connectivity index (χ1v) is 7.36. The second-order valence-electron chi connectivity index (χ2n) is 5.05. The van der Waals surface area contributed by atoms with Gasteiger partial charge in [-0.1, -0.05) is 6.07 Å². The first-order chi connectivity index (χ1) is 11.6. The summed E-state index contributed by atoms with van der Waals surface area (Å²) in [5.41, 5.74) is 1.24. The topological polar surface area (TPSA) is 103 Å². The highest BCUT2D eigenvalue weighted by atomic mass is 16.5. The third-order valence-electron chi connectivity index (χ3n) is 3.30. The van der Waals surface area contributed by atoms with Crippen LogP contribution in [0.1, 0.15) is 12.1 Å². The van der Waals surface area contributed by atoms with Crippen LogP contribution in [-0.4, -0.2) is 30.0 Å². The molecule has 1 aromatic heterocycles. The first-order valence-electron chi connectivity index (χ1n) is 7.36. The standard InChI is InChI=1S/C17H19N3O4/c1-24-14-7-5-12(6-8-14)20-16(21)10-15(17(22)23)19-11-13-4-2-3-9-18-13/h2-9,15,19H,10-11H2,1H3,(H,20,21)(H,22,23)/p-1. The Morgan fingerprint density at radius 1 is 1.21 bits per heavy atom. The van der Waals surface area contributed by atoms with Crippen molar-refractivity contribution in [3.63, 3.8) is 0 Å². The third kappa shape index (κ3) is 5.36. The minimum atomic E-state index is -1.34. The van der Waals surface area contributed by atoms with Crippen LogP contribution in [0.5, 0.6) is 5.75 Å². The Kier molecular flexibility index (Phi) is 6.27. The van der Waals surface area contributed by atoms with E-state index in [9.17, 15) is 14.7 Å². The van der Waals surface area contributed by atoms with Gasteiger partial charge in [-0.3, -0.25) is 9.78 Å². The molecule has 0 aliphatic carbocycles. The number of anilines is 1. The molecule has 1 aromatic carbocycles. The van der Waals surface area contributed by atoms with E-state index < -0.39 is 17.9 Å². The van der Waals surface area contributed by atoms with Crippen molar-refractivity contribution in [2.45, 2.75) is 19.0 Å². The number of carboxylic acids is 1. The van der Waals surface area contributed by atoms with Crippen molar-refractivity contribution in [1.29, 1.82) is 0 Å². The summed E-state index contributed by atoms with van der Waals surface area (Å²) in [6.45, 7) is 0.231. The predicted molar refractivity (Wildman–Crippen MR) is 86.1 cm³/mol. The fourth-order valence-electron chi connectivity index (χ4n) is 2.04. The molecule has 24 heavy (non-hydrogen) atoms. The lowest BCUT2D eigenvalue weighted by Gasteiger charge is -2.19. The molecule has 7 heteroatoms. The van der Waals surface area contributed by atoms with E-state index >= 15 is 0 Å². The number of ether oxygens (including phenoxy) is 1. The van der Waals surface area contributed by atoms with Crippen LogP contribution in [0.4, 0.5) is 5.69 Å². The van der Waals surface area contributed by atoms with Crippen molar-refractivity contribution in [3.05, 3.63) is 54.4 Å². The molecule has 2 N–H and O–H groups in total.